The molecule has 0 spiro atoms. The number of anilines is 2. The van der Waals surface area contributed by atoms with Crippen LogP contribution in [-0.4, -0.2) is 4.98 Å². The molecule has 1 aromatic rings. The van der Waals surface area contributed by atoms with E-state index in [1.54, 1.807) is 6.20 Å². The number of nitrogen functional groups attached to an aromatic ring is 2. The molecule has 2 rings (SSSR count). The molecule has 82 valence electrons. The highest BCUT2D eigenvalue weighted by Crippen LogP contribution is 2.39. The van der Waals surface area contributed by atoms with Crippen LogP contribution in [0.15, 0.2) is 12.3 Å². The summed E-state index contributed by atoms with van der Waals surface area (Å²) in [6.45, 7) is 2.31. The Kier molecular flexibility index (Phi) is 2.80. The number of hydrogen-bond acceptors (Lipinski definition) is 3. The average molecular weight is 205 g/mol. The number of pyridine rings is 1. The first kappa shape index (κ1) is 10.3. The van der Waals surface area contributed by atoms with Crippen LogP contribution < -0.4 is 11.5 Å². The molecular weight excluding hydrogens is 186 g/mol. The van der Waals surface area contributed by atoms with Crippen LogP contribution in [0.3, 0.4) is 0 Å². The average Bonchev–Trinajstić information content (AvgIpc) is 2.20. The van der Waals surface area contributed by atoms with Gasteiger partial charge < -0.3 is 11.5 Å². The maximum Gasteiger partial charge on any atom is 0.128 e. The summed E-state index contributed by atoms with van der Waals surface area (Å²) >= 11 is 0. The lowest BCUT2D eigenvalue weighted by Crippen LogP contribution is -2.14. The summed E-state index contributed by atoms with van der Waals surface area (Å²) in [5, 5.41) is 0. The highest BCUT2D eigenvalue weighted by Gasteiger charge is 2.23. The molecule has 0 bridgehead atoms. The molecule has 1 aromatic heterocycles. The van der Waals surface area contributed by atoms with Crippen LogP contribution >= 0.6 is 0 Å². The zero-order chi connectivity index (χ0) is 10.8. The van der Waals surface area contributed by atoms with E-state index in [9.17, 15) is 0 Å². The monoisotopic (exact) mass is 205 g/mol. The van der Waals surface area contributed by atoms with Crippen LogP contribution in [0.4, 0.5) is 11.5 Å². The fourth-order valence-corrected chi connectivity index (χ4v) is 2.50. The molecule has 0 atom stereocenters. The fraction of sp³-hybridized carbons (Fsp3) is 0.583. The van der Waals surface area contributed by atoms with Crippen molar-refractivity contribution in [2.75, 3.05) is 11.5 Å². The molecule has 0 aromatic carbocycles. The van der Waals surface area contributed by atoms with Gasteiger partial charge in [-0.1, -0.05) is 19.8 Å². The normalized spacial score (nSPS) is 26.5. The van der Waals surface area contributed by atoms with Gasteiger partial charge in [0.2, 0.25) is 0 Å². The molecule has 0 saturated heterocycles. The zero-order valence-electron chi connectivity index (χ0n) is 9.24. The SMILES string of the molecule is C[C@H]1CC[C@H](c2c(N)ccnc2N)CC1. The van der Waals surface area contributed by atoms with Crippen LogP contribution in [0.2, 0.25) is 0 Å². The predicted molar refractivity (Wildman–Crippen MR) is 63.4 cm³/mol. The van der Waals surface area contributed by atoms with Crippen LogP contribution in [0.5, 0.6) is 0 Å². The van der Waals surface area contributed by atoms with E-state index in [1.807, 2.05) is 6.07 Å². The lowest BCUT2D eigenvalue weighted by molar-refractivity contribution is 0.348. The van der Waals surface area contributed by atoms with Crippen molar-refractivity contribution in [1.29, 1.82) is 0 Å². The second kappa shape index (κ2) is 4.09. The third kappa shape index (κ3) is 2.06. The Morgan fingerprint density at radius 2 is 1.87 bits per heavy atom. The minimum Gasteiger partial charge on any atom is -0.398 e. The van der Waals surface area contributed by atoms with Crippen molar-refractivity contribution in [2.45, 2.75) is 38.5 Å². The van der Waals surface area contributed by atoms with E-state index in [4.69, 9.17) is 11.5 Å². The van der Waals surface area contributed by atoms with Crippen molar-refractivity contribution in [1.82, 2.24) is 4.98 Å². The molecule has 1 aliphatic carbocycles. The first-order valence-electron chi connectivity index (χ1n) is 5.68. The van der Waals surface area contributed by atoms with Gasteiger partial charge in [-0.05, 0) is 30.7 Å². The maximum atomic E-state index is 5.97. The summed E-state index contributed by atoms with van der Waals surface area (Å²) in [6.07, 6.45) is 6.62. The van der Waals surface area contributed by atoms with Gasteiger partial charge in [0, 0.05) is 17.4 Å². The molecule has 0 aliphatic heterocycles. The summed E-state index contributed by atoms with van der Waals surface area (Å²) < 4.78 is 0. The third-order valence-electron chi connectivity index (χ3n) is 3.48. The first-order chi connectivity index (χ1) is 7.18. The third-order valence-corrected chi connectivity index (χ3v) is 3.48. The molecule has 3 nitrogen and oxygen atoms in total. The van der Waals surface area contributed by atoms with Gasteiger partial charge in [-0.15, -0.1) is 0 Å². The molecule has 0 unspecified atom stereocenters. The van der Waals surface area contributed by atoms with E-state index >= 15 is 0 Å². The molecular formula is C12H19N3. The molecule has 1 aliphatic rings. The summed E-state index contributed by atoms with van der Waals surface area (Å²) in [4.78, 5) is 4.13. The Morgan fingerprint density at radius 3 is 2.47 bits per heavy atom. The number of nitrogens with two attached hydrogens (primary N) is 2. The van der Waals surface area contributed by atoms with Crippen molar-refractivity contribution in [2.24, 2.45) is 5.92 Å². The molecule has 15 heavy (non-hydrogen) atoms. The Morgan fingerprint density at radius 1 is 1.20 bits per heavy atom. The van der Waals surface area contributed by atoms with Crippen molar-refractivity contribution < 1.29 is 0 Å². The van der Waals surface area contributed by atoms with E-state index in [0.717, 1.165) is 17.2 Å². The van der Waals surface area contributed by atoms with E-state index < -0.39 is 0 Å². The van der Waals surface area contributed by atoms with E-state index in [1.165, 1.54) is 25.7 Å². The molecule has 0 amide bonds. The lowest BCUT2D eigenvalue weighted by atomic mass is 9.79. The Hall–Kier alpha value is -1.25. The molecule has 1 fully saturated rings. The molecule has 3 heteroatoms. The smallest absolute Gasteiger partial charge is 0.128 e. The Labute approximate surface area is 90.9 Å². The van der Waals surface area contributed by atoms with Crippen LogP contribution in [0, 0.1) is 5.92 Å². The first-order valence-corrected chi connectivity index (χ1v) is 5.68. The van der Waals surface area contributed by atoms with Gasteiger partial charge in [0.25, 0.3) is 0 Å². The maximum absolute atomic E-state index is 5.97. The van der Waals surface area contributed by atoms with Gasteiger partial charge in [-0.2, -0.15) is 0 Å². The van der Waals surface area contributed by atoms with Gasteiger partial charge in [-0.25, -0.2) is 4.98 Å². The Balaban J connectivity index is 2.22. The number of aromatic nitrogens is 1. The van der Waals surface area contributed by atoms with Crippen molar-refractivity contribution in [3.63, 3.8) is 0 Å². The topological polar surface area (TPSA) is 64.9 Å². The molecule has 4 N–H and O–H groups in total. The minimum absolute atomic E-state index is 0.523. The molecule has 0 radical (unpaired) electrons. The second-order valence-electron chi connectivity index (χ2n) is 4.66. The quantitative estimate of drug-likeness (QED) is 0.740. The van der Waals surface area contributed by atoms with E-state index in [2.05, 4.69) is 11.9 Å². The predicted octanol–water partition coefficient (Wildman–Crippen LogP) is 2.54. The van der Waals surface area contributed by atoms with Crippen LogP contribution in [-0.2, 0) is 0 Å². The van der Waals surface area contributed by atoms with Gasteiger partial charge in [0.1, 0.15) is 5.82 Å². The highest BCUT2D eigenvalue weighted by atomic mass is 14.8. The lowest BCUT2D eigenvalue weighted by Gasteiger charge is -2.27. The number of nitrogens with zero attached hydrogens (tertiary/aromatic N) is 1. The van der Waals surface area contributed by atoms with Crippen molar-refractivity contribution >= 4 is 11.5 Å². The van der Waals surface area contributed by atoms with E-state index in [0.29, 0.717) is 11.7 Å². The summed E-state index contributed by atoms with van der Waals surface area (Å²) in [6, 6.07) is 1.85. The Bertz CT molecular complexity index is 320. The van der Waals surface area contributed by atoms with Crippen LogP contribution in [0.25, 0.3) is 0 Å². The van der Waals surface area contributed by atoms with E-state index in [-0.39, 0.29) is 0 Å². The second-order valence-corrected chi connectivity index (χ2v) is 4.66. The fourth-order valence-electron chi connectivity index (χ4n) is 2.50. The number of hydrogen-bond donors (Lipinski definition) is 2. The molecule has 1 heterocycles. The molecule has 1 saturated carbocycles. The summed E-state index contributed by atoms with van der Waals surface area (Å²) in [5.41, 5.74) is 13.8. The van der Waals surface area contributed by atoms with Crippen LogP contribution in [0.1, 0.15) is 44.1 Å². The van der Waals surface area contributed by atoms with Gasteiger partial charge >= 0.3 is 0 Å². The number of rotatable bonds is 1. The zero-order valence-corrected chi connectivity index (χ0v) is 9.24. The standard InChI is InChI=1S/C12H19N3/c1-8-2-4-9(5-3-8)11-10(13)6-7-15-12(11)14/h6-9H,2-5H2,1H3,(H4,13,14,15)/t8-,9-. The van der Waals surface area contributed by atoms with Gasteiger partial charge in [-0.3, -0.25) is 0 Å². The van der Waals surface area contributed by atoms with Gasteiger partial charge in [0.05, 0.1) is 0 Å². The summed E-state index contributed by atoms with van der Waals surface area (Å²) in [5.74, 6) is 1.99. The summed E-state index contributed by atoms with van der Waals surface area (Å²) in [7, 11) is 0. The largest absolute Gasteiger partial charge is 0.398 e. The highest BCUT2D eigenvalue weighted by molar-refractivity contribution is 5.58. The minimum atomic E-state index is 0.523. The van der Waals surface area contributed by atoms with Crippen molar-refractivity contribution in [3.8, 4) is 0 Å². The van der Waals surface area contributed by atoms with Gasteiger partial charge in [0.15, 0.2) is 0 Å². The van der Waals surface area contributed by atoms with Crippen molar-refractivity contribution in [3.05, 3.63) is 17.8 Å².